The maximum absolute atomic E-state index is 14.3. The van der Waals surface area contributed by atoms with Gasteiger partial charge in [-0.15, -0.1) is 0 Å². The first-order valence-corrected chi connectivity index (χ1v) is 23.1. The van der Waals surface area contributed by atoms with E-state index >= 15 is 0 Å². The van der Waals surface area contributed by atoms with Crippen molar-refractivity contribution in [3.05, 3.63) is 253 Å². The minimum Gasteiger partial charge on any atom is -0.431 e. The Balaban J connectivity index is 1.31. The summed E-state index contributed by atoms with van der Waals surface area (Å²) in [6.45, 7) is 0. The summed E-state index contributed by atoms with van der Waals surface area (Å²) in [5.74, 6) is 0. The minimum absolute atomic E-state index is 0.553. The third-order valence-electron chi connectivity index (χ3n) is 11.6. The van der Waals surface area contributed by atoms with Gasteiger partial charge >= 0.3 is 0 Å². The maximum atomic E-state index is 14.3. The Labute approximate surface area is 349 Å². The highest BCUT2D eigenvalue weighted by Crippen LogP contribution is 2.41. The van der Waals surface area contributed by atoms with Crippen molar-refractivity contribution in [1.82, 2.24) is 0 Å². The first kappa shape index (κ1) is 37.7. The lowest BCUT2D eigenvalue weighted by Gasteiger charge is -2.32. The molecule has 0 aliphatic carbocycles. The van der Waals surface area contributed by atoms with E-state index in [2.05, 4.69) is 237 Å². The predicted octanol–water partition coefficient (Wildman–Crippen LogP) is 14.3. The van der Waals surface area contributed by atoms with Crippen molar-refractivity contribution in [2.24, 2.45) is 0 Å². The predicted molar refractivity (Wildman–Crippen MR) is 251 cm³/mol. The van der Waals surface area contributed by atoms with Gasteiger partial charge < -0.3 is 4.80 Å². The van der Waals surface area contributed by atoms with Gasteiger partial charge in [0.2, 0.25) is 8.32 Å². The van der Waals surface area contributed by atoms with Crippen LogP contribution in [0.5, 0.6) is 0 Å². The van der Waals surface area contributed by atoms with Crippen molar-refractivity contribution in [3.63, 3.8) is 0 Å². The van der Waals surface area contributed by atoms with Crippen molar-refractivity contribution >= 4 is 8.32 Å². The fourth-order valence-electron chi connectivity index (χ4n) is 8.84. The van der Waals surface area contributed by atoms with E-state index in [9.17, 15) is 4.80 Å². The van der Waals surface area contributed by atoms with Crippen molar-refractivity contribution < 1.29 is 4.80 Å². The van der Waals surface area contributed by atoms with Gasteiger partial charge in [0.1, 0.15) is 0 Å². The number of benzene rings is 9. The van der Waals surface area contributed by atoms with Gasteiger partial charge in [0.05, 0.1) is 0 Å². The van der Waals surface area contributed by atoms with Crippen LogP contribution in [0.25, 0.3) is 66.8 Å². The van der Waals surface area contributed by atoms with Crippen molar-refractivity contribution in [1.29, 1.82) is 0 Å². The van der Waals surface area contributed by atoms with Crippen LogP contribution in [0.15, 0.2) is 237 Å². The molecule has 9 aromatic carbocycles. The summed E-state index contributed by atoms with van der Waals surface area (Å²) in [4.78, 5) is 14.3. The Morgan fingerprint density at radius 1 is 0.220 bits per heavy atom. The first-order chi connectivity index (χ1) is 29.1. The molecular formula is C57H46OSi. The molecule has 0 bridgehead atoms. The number of rotatable bonds is 12. The maximum Gasteiger partial charge on any atom is 0.201 e. The van der Waals surface area contributed by atoms with E-state index in [4.69, 9.17) is 0 Å². The van der Waals surface area contributed by atoms with Crippen LogP contribution in [0.1, 0.15) is 16.7 Å². The van der Waals surface area contributed by atoms with Crippen molar-refractivity contribution in [3.8, 4) is 66.8 Å². The summed E-state index contributed by atoms with van der Waals surface area (Å²) >= 11 is 0. The van der Waals surface area contributed by atoms with Gasteiger partial charge in [-0.25, -0.2) is 0 Å². The Morgan fingerprint density at radius 3 is 0.559 bits per heavy atom. The number of hydrogen-bond donors (Lipinski definition) is 1. The van der Waals surface area contributed by atoms with Crippen LogP contribution >= 0.6 is 0 Å². The van der Waals surface area contributed by atoms with Crippen LogP contribution in [0, 0.1) is 0 Å². The fraction of sp³-hybridized carbons (Fsp3) is 0.0526. The summed E-state index contributed by atoms with van der Waals surface area (Å²) in [5, 5.41) is 0. The van der Waals surface area contributed by atoms with Crippen LogP contribution in [0.4, 0.5) is 0 Å². The van der Waals surface area contributed by atoms with Gasteiger partial charge in [0.15, 0.2) is 0 Å². The van der Waals surface area contributed by atoms with Gasteiger partial charge in [-0.3, -0.25) is 0 Å². The average Bonchev–Trinajstić information content (AvgIpc) is 3.31. The molecule has 0 fully saturated rings. The molecule has 59 heavy (non-hydrogen) atoms. The van der Waals surface area contributed by atoms with E-state index in [1.807, 2.05) is 0 Å². The molecule has 0 aliphatic heterocycles. The molecule has 0 radical (unpaired) electrons. The van der Waals surface area contributed by atoms with Crippen LogP contribution in [0.2, 0.25) is 0 Å². The second-order valence-electron chi connectivity index (χ2n) is 15.4. The van der Waals surface area contributed by atoms with Crippen LogP contribution in [0.3, 0.4) is 0 Å². The summed E-state index contributed by atoms with van der Waals surface area (Å²) < 4.78 is 0. The zero-order valence-corrected chi connectivity index (χ0v) is 34.1. The third kappa shape index (κ3) is 8.28. The van der Waals surface area contributed by atoms with Crippen molar-refractivity contribution in [2.75, 3.05) is 0 Å². The van der Waals surface area contributed by atoms with Crippen LogP contribution in [-0.4, -0.2) is 13.1 Å². The normalized spacial score (nSPS) is 11.3. The molecule has 0 saturated heterocycles. The van der Waals surface area contributed by atoms with E-state index in [1.54, 1.807) is 0 Å². The SMILES string of the molecule is O[Si](Cc1c(-c2ccccc2)cccc1-c1ccccc1)(Cc1c(-c2ccccc2)cccc1-c1ccccc1)Cc1c(-c2ccccc2)cccc1-c1ccccc1. The molecule has 1 nitrogen and oxygen atoms in total. The van der Waals surface area contributed by atoms with Crippen LogP contribution in [-0.2, 0) is 18.1 Å². The van der Waals surface area contributed by atoms with Gasteiger partial charge in [-0.1, -0.05) is 237 Å². The molecule has 2 heteroatoms. The molecule has 284 valence electrons. The molecule has 0 saturated carbocycles. The van der Waals surface area contributed by atoms with Crippen LogP contribution < -0.4 is 0 Å². The van der Waals surface area contributed by atoms with E-state index < -0.39 is 8.32 Å². The highest BCUT2D eigenvalue weighted by atomic mass is 28.4. The first-order valence-electron chi connectivity index (χ1n) is 20.5. The molecule has 9 rings (SSSR count). The van der Waals surface area contributed by atoms with Crippen molar-refractivity contribution in [2.45, 2.75) is 18.1 Å². The second-order valence-corrected chi connectivity index (χ2v) is 19.0. The van der Waals surface area contributed by atoms with Gasteiger partial charge in [0, 0.05) is 0 Å². The molecule has 0 unspecified atom stereocenters. The Bertz CT molecular complexity index is 2290. The zero-order valence-electron chi connectivity index (χ0n) is 33.1. The molecule has 0 amide bonds. The Hall–Kier alpha value is -6.84. The molecule has 0 heterocycles. The van der Waals surface area contributed by atoms with Gasteiger partial charge in [-0.2, -0.15) is 0 Å². The second kappa shape index (κ2) is 17.3. The standard InChI is InChI=1S/C57H46OSi/c58-59(40-55-49(43-22-7-1-8-23-43)34-19-35-50(55)44-24-9-2-10-25-44,41-56-51(45-26-11-3-12-27-45)36-20-37-52(56)46-28-13-4-14-29-46)42-57-53(47-30-15-5-16-31-47)38-21-39-54(57)48-32-17-6-18-33-48/h1-39,58H,40-42H2. The Kier molecular flexibility index (Phi) is 11.1. The fourth-order valence-corrected chi connectivity index (χ4v) is 12.3. The van der Waals surface area contributed by atoms with E-state index in [1.165, 1.54) is 16.7 Å². The summed E-state index contributed by atoms with van der Waals surface area (Å²) in [5.41, 5.74) is 17.5. The quantitative estimate of drug-likeness (QED) is 0.123. The largest absolute Gasteiger partial charge is 0.431 e. The Morgan fingerprint density at radius 2 is 0.390 bits per heavy atom. The molecule has 0 aliphatic rings. The van der Waals surface area contributed by atoms with Gasteiger partial charge in [-0.05, 0) is 102 Å². The van der Waals surface area contributed by atoms with Gasteiger partial charge in [0.25, 0.3) is 0 Å². The summed E-state index contributed by atoms with van der Waals surface area (Å²) in [6.07, 6.45) is 0. The van der Waals surface area contributed by atoms with E-state index in [0.717, 1.165) is 66.8 Å². The lowest BCUT2D eigenvalue weighted by atomic mass is 9.92. The smallest absolute Gasteiger partial charge is 0.201 e. The molecule has 0 aromatic heterocycles. The van der Waals surface area contributed by atoms with E-state index in [0.29, 0.717) is 18.1 Å². The molecule has 0 atom stereocenters. The topological polar surface area (TPSA) is 20.2 Å². The average molecular weight is 775 g/mol. The highest BCUT2D eigenvalue weighted by molar-refractivity contribution is 6.71. The van der Waals surface area contributed by atoms with E-state index in [-0.39, 0.29) is 0 Å². The zero-order chi connectivity index (χ0) is 39.9. The molecule has 9 aromatic rings. The summed E-state index contributed by atoms with van der Waals surface area (Å²) in [7, 11) is -3.46. The monoisotopic (exact) mass is 774 g/mol. The molecule has 0 spiro atoms. The molecule has 1 N–H and O–H groups in total. The lowest BCUT2D eigenvalue weighted by Crippen LogP contribution is -2.45. The minimum atomic E-state index is -3.46. The highest BCUT2D eigenvalue weighted by Gasteiger charge is 2.37. The lowest BCUT2D eigenvalue weighted by molar-refractivity contribution is 0.523. The molecular weight excluding hydrogens is 729 g/mol. The third-order valence-corrected chi connectivity index (χ3v) is 14.6. The number of hydrogen-bond acceptors (Lipinski definition) is 1. The summed E-state index contributed by atoms with van der Waals surface area (Å²) in [6, 6.07) is 85.8.